The van der Waals surface area contributed by atoms with E-state index in [0.717, 1.165) is 24.3 Å². The highest BCUT2D eigenvalue weighted by atomic mass is 16.6. The van der Waals surface area contributed by atoms with Crippen molar-refractivity contribution in [3.05, 3.63) is 35.9 Å². The fourth-order valence-corrected chi connectivity index (χ4v) is 3.76. The summed E-state index contributed by atoms with van der Waals surface area (Å²) in [4.78, 5) is 14.4. The van der Waals surface area contributed by atoms with E-state index in [1.54, 1.807) is 0 Å². The van der Waals surface area contributed by atoms with Crippen LogP contribution in [0, 0.1) is 5.92 Å². The molecule has 4 heteroatoms. The molecule has 2 unspecified atom stereocenters. The number of rotatable bonds is 4. The Bertz CT molecular complexity index is 476. The molecule has 2 fully saturated rings. The number of nitrogens with zero attached hydrogens (tertiary/aromatic N) is 1. The first kappa shape index (κ1) is 15.3. The zero-order valence-electron chi connectivity index (χ0n) is 13.2. The number of hydrogen-bond donors (Lipinski definition) is 0. The minimum absolute atomic E-state index is 0.183. The lowest BCUT2D eigenvalue weighted by molar-refractivity contribution is -0.0802. The summed E-state index contributed by atoms with van der Waals surface area (Å²) in [6.45, 7) is 3.87. The molecule has 2 aliphatic rings. The second kappa shape index (κ2) is 7.14. The lowest BCUT2D eigenvalue weighted by Crippen LogP contribution is -2.59. The van der Waals surface area contributed by atoms with Crippen LogP contribution in [0.2, 0.25) is 0 Å². The molecular weight excluding hydrogens is 278 g/mol. The van der Waals surface area contributed by atoms with Gasteiger partial charge in [-0.05, 0) is 24.3 Å². The van der Waals surface area contributed by atoms with Crippen LogP contribution in [0.4, 0.5) is 4.79 Å². The van der Waals surface area contributed by atoms with Gasteiger partial charge in [0, 0.05) is 0 Å². The van der Waals surface area contributed by atoms with Gasteiger partial charge >= 0.3 is 6.09 Å². The summed E-state index contributed by atoms with van der Waals surface area (Å²) in [6.07, 6.45) is 4.37. The molecule has 2 saturated heterocycles. The van der Waals surface area contributed by atoms with Gasteiger partial charge in [-0.1, -0.05) is 50.1 Å². The van der Waals surface area contributed by atoms with E-state index in [1.165, 1.54) is 12.8 Å². The first-order valence-corrected chi connectivity index (χ1v) is 8.34. The topological polar surface area (TPSA) is 38.8 Å². The molecule has 0 spiro atoms. The Morgan fingerprint density at radius 3 is 2.55 bits per heavy atom. The smallest absolute Gasteiger partial charge is 0.410 e. The molecule has 2 heterocycles. The van der Waals surface area contributed by atoms with Crippen LogP contribution in [0.1, 0.15) is 38.2 Å². The SMILES string of the molecule is CCCC1CC2COCC(C1)N2C(=O)OCc1ccccc1. The van der Waals surface area contributed by atoms with Gasteiger partial charge in [0.2, 0.25) is 0 Å². The van der Waals surface area contributed by atoms with Crippen molar-refractivity contribution in [3.8, 4) is 0 Å². The molecule has 2 atom stereocenters. The minimum atomic E-state index is -0.183. The maximum Gasteiger partial charge on any atom is 0.410 e. The predicted molar refractivity (Wildman–Crippen MR) is 84.5 cm³/mol. The van der Waals surface area contributed by atoms with Gasteiger partial charge in [-0.25, -0.2) is 4.79 Å². The number of benzene rings is 1. The molecule has 2 aliphatic heterocycles. The van der Waals surface area contributed by atoms with Crippen molar-refractivity contribution in [2.24, 2.45) is 5.92 Å². The predicted octanol–water partition coefficient (Wildman–Crippen LogP) is 3.60. The minimum Gasteiger partial charge on any atom is -0.445 e. The van der Waals surface area contributed by atoms with E-state index in [0.29, 0.717) is 19.8 Å². The molecule has 0 aliphatic carbocycles. The van der Waals surface area contributed by atoms with Crippen LogP contribution in [-0.4, -0.2) is 36.3 Å². The van der Waals surface area contributed by atoms with Crippen molar-refractivity contribution in [1.29, 1.82) is 0 Å². The number of ether oxygens (including phenoxy) is 2. The van der Waals surface area contributed by atoms with Gasteiger partial charge in [0.05, 0.1) is 25.3 Å². The molecule has 0 N–H and O–H groups in total. The van der Waals surface area contributed by atoms with Gasteiger partial charge in [0.15, 0.2) is 0 Å². The molecule has 1 aromatic rings. The largest absolute Gasteiger partial charge is 0.445 e. The van der Waals surface area contributed by atoms with Gasteiger partial charge in [-0.15, -0.1) is 0 Å². The summed E-state index contributed by atoms with van der Waals surface area (Å²) >= 11 is 0. The van der Waals surface area contributed by atoms with E-state index in [-0.39, 0.29) is 18.2 Å². The molecule has 1 amide bonds. The summed E-state index contributed by atoms with van der Waals surface area (Å²) in [5.74, 6) is 0.724. The third-order valence-corrected chi connectivity index (χ3v) is 4.73. The van der Waals surface area contributed by atoms with Crippen LogP contribution in [0.25, 0.3) is 0 Å². The van der Waals surface area contributed by atoms with Gasteiger partial charge in [0.1, 0.15) is 6.61 Å². The summed E-state index contributed by atoms with van der Waals surface area (Å²) < 4.78 is 11.2. The summed E-state index contributed by atoms with van der Waals surface area (Å²) in [7, 11) is 0. The maximum atomic E-state index is 12.5. The molecule has 4 nitrogen and oxygen atoms in total. The van der Waals surface area contributed by atoms with Gasteiger partial charge in [-0.2, -0.15) is 0 Å². The monoisotopic (exact) mass is 303 g/mol. The Morgan fingerprint density at radius 1 is 1.23 bits per heavy atom. The fourth-order valence-electron chi connectivity index (χ4n) is 3.76. The van der Waals surface area contributed by atoms with Crippen molar-refractivity contribution >= 4 is 6.09 Å². The lowest BCUT2D eigenvalue weighted by atomic mass is 9.83. The second-order valence-corrected chi connectivity index (χ2v) is 6.42. The van der Waals surface area contributed by atoms with E-state index >= 15 is 0 Å². The average Bonchev–Trinajstić information content (AvgIpc) is 2.53. The third-order valence-electron chi connectivity index (χ3n) is 4.73. The molecule has 3 rings (SSSR count). The number of fused-ring (bicyclic) bond motifs is 2. The van der Waals surface area contributed by atoms with E-state index < -0.39 is 0 Å². The number of carbonyl (C=O) groups is 1. The fraction of sp³-hybridized carbons (Fsp3) is 0.611. The molecule has 120 valence electrons. The van der Waals surface area contributed by atoms with Crippen LogP contribution in [-0.2, 0) is 16.1 Å². The van der Waals surface area contributed by atoms with Crippen molar-refractivity contribution in [2.75, 3.05) is 13.2 Å². The van der Waals surface area contributed by atoms with Crippen molar-refractivity contribution in [3.63, 3.8) is 0 Å². The number of piperidine rings is 1. The first-order valence-electron chi connectivity index (χ1n) is 8.34. The molecule has 2 bridgehead atoms. The zero-order valence-corrected chi connectivity index (χ0v) is 13.2. The molecule has 22 heavy (non-hydrogen) atoms. The van der Waals surface area contributed by atoms with Gasteiger partial charge in [0.25, 0.3) is 0 Å². The average molecular weight is 303 g/mol. The van der Waals surface area contributed by atoms with E-state index in [9.17, 15) is 4.79 Å². The van der Waals surface area contributed by atoms with Gasteiger partial charge in [-0.3, -0.25) is 4.90 Å². The second-order valence-electron chi connectivity index (χ2n) is 6.42. The highest BCUT2D eigenvalue weighted by Gasteiger charge is 2.42. The maximum absolute atomic E-state index is 12.5. The Kier molecular flexibility index (Phi) is 4.98. The van der Waals surface area contributed by atoms with Crippen molar-refractivity contribution in [1.82, 2.24) is 4.90 Å². The third kappa shape index (κ3) is 3.43. The van der Waals surface area contributed by atoms with E-state index in [4.69, 9.17) is 9.47 Å². The van der Waals surface area contributed by atoms with Crippen molar-refractivity contribution in [2.45, 2.75) is 51.3 Å². The number of amides is 1. The zero-order chi connectivity index (χ0) is 15.4. The summed E-state index contributed by atoms with van der Waals surface area (Å²) in [5.41, 5.74) is 1.03. The van der Waals surface area contributed by atoms with Crippen molar-refractivity contribution < 1.29 is 14.3 Å². The highest BCUT2D eigenvalue weighted by Crippen LogP contribution is 2.34. The van der Waals surface area contributed by atoms with E-state index in [2.05, 4.69) is 6.92 Å². The Morgan fingerprint density at radius 2 is 1.91 bits per heavy atom. The Labute approximate surface area is 132 Å². The van der Waals surface area contributed by atoms with Crippen LogP contribution >= 0.6 is 0 Å². The number of carbonyl (C=O) groups excluding carboxylic acids is 1. The lowest BCUT2D eigenvalue weighted by Gasteiger charge is -2.47. The number of morpholine rings is 1. The highest BCUT2D eigenvalue weighted by molar-refractivity contribution is 5.69. The first-order chi connectivity index (χ1) is 10.8. The van der Waals surface area contributed by atoms with Gasteiger partial charge < -0.3 is 9.47 Å². The van der Waals surface area contributed by atoms with Crippen LogP contribution in [0.3, 0.4) is 0 Å². The normalized spacial score (nSPS) is 27.5. The molecule has 1 aromatic carbocycles. The Balaban J connectivity index is 1.60. The van der Waals surface area contributed by atoms with E-state index in [1.807, 2.05) is 35.2 Å². The molecule has 0 saturated carbocycles. The van der Waals surface area contributed by atoms with Crippen LogP contribution in [0.15, 0.2) is 30.3 Å². The summed E-state index contributed by atoms with van der Waals surface area (Å²) in [5, 5.41) is 0. The molecule has 0 aromatic heterocycles. The molecule has 0 radical (unpaired) electrons. The number of hydrogen-bond acceptors (Lipinski definition) is 3. The summed E-state index contributed by atoms with van der Waals surface area (Å²) in [6, 6.07) is 10.2. The standard InChI is InChI=1S/C18H25NO3/c1-2-6-15-9-16-12-21-13-17(10-15)19(16)18(20)22-11-14-7-4-3-5-8-14/h3-5,7-8,15-17H,2,6,9-13H2,1H3. The quantitative estimate of drug-likeness (QED) is 0.853. The van der Waals surface area contributed by atoms with Crippen LogP contribution in [0.5, 0.6) is 0 Å². The van der Waals surface area contributed by atoms with Crippen LogP contribution < -0.4 is 0 Å². The Hall–Kier alpha value is -1.55. The molecular formula is C18H25NO3.